The van der Waals surface area contributed by atoms with E-state index in [2.05, 4.69) is 6.58 Å². The van der Waals surface area contributed by atoms with Crippen molar-refractivity contribution in [3.05, 3.63) is 62.8 Å². The first-order chi connectivity index (χ1) is 9.71. The molecule has 0 aliphatic rings. The van der Waals surface area contributed by atoms with Gasteiger partial charge >= 0.3 is 5.69 Å². The van der Waals surface area contributed by atoms with Gasteiger partial charge in [-0.25, -0.2) is 4.79 Å². The number of nitrogens with one attached hydrogen (secondary N) is 2. The predicted octanol–water partition coefficient (Wildman–Crippen LogP) is 0.0770. The van der Waals surface area contributed by atoms with Crippen LogP contribution in [0.25, 0.3) is 5.57 Å². The highest BCUT2D eigenvalue weighted by Gasteiger charge is 2.21. The molecular formula is C12H10N2O6S. The monoisotopic (exact) mass is 310 g/mol. The van der Waals surface area contributed by atoms with E-state index in [9.17, 15) is 27.7 Å². The van der Waals surface area contributed by atoms with Crippen molar-refractivity contribution in [2.75, 3.05) is 0 Å². The van der Waals surface area contributed by atoms with Gasteiger partial charge in [0.05, 0.1) is 0 Å². The van der Waals surface area contributed by atoms with Crippen LogP contribution in [0.5, 0.6) is 5.88 Å². The summed E-state index contributed by atoms with van der Waals surface area (Å²) in [5.74, 6) is -0.751. The van der Waals surface area contributed by atoms with E-state index in [1.54, 1.807) is 0 Å². The van der Waals surface area contributed by atoms with Gasteiger partial charge in [-0.15, -0.1) is 0 Å². The van der Waals surface area contributed by atoms with Crippen molar-refractivity contribution < 1.29 is 18.1 Å². The van der Waals surface area contributed by atoms with Crippen molar-refractivity contribution in [1.29, 1.82) is 0 Å². The van der Waals surface area contributed by atoms with Crippen LogP contribution in [0.3, 0.4) is 0 Å². The topological polar surface area (TPSA) is 140 Å². The van der Waals surface area contributed by atoms with Crippen LogP contribution < -0.4 is 11.2 Å². The molecule has 2 aromatic rings. The Morgan fingerprint density at radius 2 is 1.76 bits per heavy atom. The minimum absolute atomic E-state index is 0.0761. The van der Waals surface area contributed by atoms with Crippen LogP contribution in [-0.4, -0.2) is 28.0 Å². The lowest BCUT2D eigenvalue weighted by Crippen LogP contribution is -2.25. The van der Waals surface area contributed by atoms with Crippen molar-refractivity contribution in [2.24, 2.45) is 0 Å². The molecule has 8 nitrogen and oxygen atoms in total. The molecule has 2 rings (SSSR count). The fourth-order valence-corrected chi connectivity index (χ4v) is 2.55. The van der Waals surface area contributed by atoms with E-state index in [1.807, 2.05) is 9.97 Å². The highest BCUT2D eigenvalue weighted by Crippen LogP contribution is 2.28. The van der Waals surface area contributed by atoms with Gasteiger partial charge in [-0.3, -0.25) is 19.3 Å². The van der Waals surface area contributed by atoms with Crippen molar-refractivity contribution in [1.82, 2.24) is 9.97 Å². The van der Waals surface area contributed by atoms with Gasteiger partial charge in [0, 0.05) is 5.56 Å². The zero-order valence-electron chi connectivity index (χ0n) is 10.5. The first kappa shape index (κ1) is 14.8. The minimum atomic E-state index is -4.55. The molecule has 21 heavy (non-hydrogen) atoms. The minimum Gasteiger partial charge on any atom is -0.494 e. The van der Waals surface area contributed by atoms with Crippen LogP contribution in [-0.2, 0) is 10.1 Å². The number of benzene rings is 1. The molecule has 0 bridgehead atoms. The van der Waals surface area contributed by atoms with Gasteiger partial charge in [0.25, 0.3) is 15.7 Å². The Labute approximate surface area is 118 Å². The van der Waals surface area contributed by atoms with Crippen LogP contribution in [0.1, 0.15) is 11.1 Å². The Balaban J connectivity index is 2.74. The Hall–Kier alpha value is -2.65. The Bertz CT molecular complexity index is 939. The summed E-state index contributed by atoms with van der Waals surface area (Å²) in [6.07, 6.45) is 0. The van der Waals surface area contributed by atoms with Gasteiger partial charge in [0.15, 0.2) is 0 Å². The number of hydrogen-bond donors (Lipinski definition) is 4. The molecule has 0 aliphatic heterocycles. The number of rotatable bonds is 3. The van der Waals surface area contributed by atoms with Gasteiger partial charge < -0.3 is 5.11 Å². The second-order valence-corrected chi connectivity index (χ2v) is 5.47. The summed E-state index contributed by atoms with van der Waals surface area (Å²) in [4.78, 5) is 26.1. The van der Waals surface area contributed by atoms with Gasteiger partial charge in [0.1, 0.15) is 10.5 Å². The zero-order chi connectivity index (χ0) is 15.8. The number of aromatic hydroxyl groups is 1. The fourth-order valence-electron chi connectivity index (χ4n) is 1.83. The predicted molar refractivity (Wildman–Crippen MR) is 73.7 cm³/mol. The van der Waals surface area contributed by atoms with Gasteiger partial charge in [-0.1, -0.05) is 24.8 Å². The standard InChI is InChI=1S/C12H10N2O6S/c1-6(9-10(15)13-12(17)14-11(9)16)7-4-2-3-5-8(7)21(18,19)20/h2-5H,1H2,(H,18,19,20)(H3,13,14,15,16,17). The van der Waals surface area contributed by atoms with Crippen LogP contribution in [0.15, 0.2) is 45.3 Å². The molecule has 0 radical (unpaired) electrons. The van der Waals surface area contributed by atoms with E-state index in [4.69, 9.17) is 0 Å². The lowest BCUT2D eigenvalue weighted by molar-refractivity contribution is 0.446. The van der Waals surface area contributed by atoms with Gasteiger partial charge in [0.2, 0.25) is 5.88 Å². The molecule has 1 heterocycles. The molecule has 0 aliphatic carbocycles. The average molecular weight is 310 g/mol. The molecular weight excluding hydrogens is 300 g/mol. The summed E-state index contributed by atoms with van der Waals surface area (Å²) in [6.45, 7) is 3.54. The number of aromatic nitrogens is 2. The maximum atomic E-state index is 11.7. The largest absolute Gasteiger partial charge is 0.494 e. The van der Waals surface area contributed by atoms with Crippen molar-refractivity contribution >= 4 is 15.7 Å². The van der Waals surface area contributed by atoms with E-state index < -0.39 is 37.7 Å². The van der Waals surface area contributed by atoms with Crippen LogP contribution >= 0.6 is 0 Å². The van der Waals surface area contributed by atoms with E-state index >= 15 is 0 Å². The highest BCUT2D eigenvalue weighted by molar-refractivity contribution is 7.86. The molecule has 0 saturated carbocycles. The molecule has 4 N–H and O–H groups in total. The third-order valence-corrected chi connectivity index (χ3v) is 3.63. The summed E-state index contributed by atoms with van der Waals surface area (Å²) in [7, 11) is -4.55. The van der Waals surface area contributed by atoms with E-state index in [-0.39, 0.29) is 11.1 Å². The van der Waals surface area contributed by atoms with Gasteiger partial charge in [-0.05, 0) is 11.6 Å². The first-order valence-electron chi connectivity index (χ1n) is 5.53. The molecule has 0 atom stereocenters. The van der Waals surface area contributed by atoms with Crippen LogP contribution in [0, 0.1) is 0 Å². The Morgan fingerprint density at radius 3 is 2.33 bits per heavy atom. The SMILES string of the molecule is C=C(c1ccccc1S(=O)(=O)O)c1c(O)[nH]c(=O)[nH]c1=O. The van der Waals surface area contributed by atoms with Crippen molar-refractivity contribution in [3.63, 3.8) is 0 Å². The van der Waals surface area contributed by atoms with Crippen LogP contribution in [0.4, 0.5) is 0 Å². The molecule has 0 saturated heterocycles. The van der Waals surface area contributed by atoms with E-state index in [0.29, 0.717) is 0 Å². The molecule has 0 fully saturated rings. The average Bonchev–Trinajstić information content (AvgIpc) is 2.36. The first-order valence-corrected chi connectivity index (χ1v) is 6.97. The van der Waals surface area contributed by atoms with Crippen LogP contribution in [0.2, 0.25) is 0 Å². The maximum absolute atomic E-state index is 11.7. The summed E-state index contributed by atoms with van der Waals surface area (Å²) in [6, 6.07) is 5.26. The second kappa shape index (κ2) is 5.04. The third kappa shape index (κ3) is 2.78. The summed E-state index contributed by atoms with van der Waals surface area (Å²) >= 11 is 0. The highest BCUT2D eigenvalue weighted by atomic mass is 32.2. The normalized spacial score (nSPS) is 11.3. The molecule has 9 heteroatoms. The third-order valence-electron chi connectivity index (χ3n) is 2.71. The molecule has 0 unspecified atom stereocenters. The molecule has 110 valence electrons. The van der Waals surface area contributed by atoms with E-state index in [1.165, 1.54) is 18.2 Å². The number of hydrogen-bond acceptors (Lipinski definition) is 5. The Kier molecular flexibility index (Phi) is 3.54. The molecule has 1 aromatic carbocycles. The van der Waals surface area contributed by atoms with Crippen molar-refractivity contribution in [3.8, 4) is 5.88 Å². The summed E-state index contributed by atoms with van der Waals surface area (Å²) < 4.78 is 31.8. The second-order valence-electron chi connectivity index (χ2n) is 4.08. The van der Waals surface area contributed by atoms with Gasteiger partial charge in [-0.2, -0.15) is 8.42 Å². The van der Waals surface area contributed by atoms with Crippen molar-refractivity contribution in [2.45, 2.75) is 4.90 Å². The fraction of sp³-hybridized carbons (Fsp3) is 0. The number of aromatic amines is 2. The molecule has 0 amide bonds. The summed E-state index contributed by atoms with van der Waals surface area (Å²) in [5.41, 5.74) is -2.50. The summed E-state index contributed by atoms with van der Waals surface area (Å²) in [5, 5.41) is 9.65. The lowest BCUT2D eigenvalue weighted by Gasteiger charge is -2.10. The number of H-pyrrole nitrogens is 2. The quantitative estimate of drug-likeness (QED) is 0.592. The Morgan fingerprint density at radius 1 is 1.14 bits per heavy atom. The molecule has 1 aromatic heterocycles. The zero-order valence-corrected chi connectivity index (χ0v) is 11.3. The van der Waals surface area contributed by atoms with E-state index in [0.717, 1.165) is 6.07 Å². The lowest BCUT2D eigenvalue weighted by atomic mass is 10.0. The molecule has 0 spiro atoms. The maximum Gasteiger partial charge on any atom is 0.328 e. The smallest absolute Gasteiger partial charge is 0.328 e.